The highest BCUT2D eigenvalue weighted by molar-refractivity contribution is 6.05. The standard InChI is InChI=1S/C27H28N2O2/c1-29(27(31)22-16-17-22)25-15-9-8-14-24(25)26(30)28-19-18-23(20-10-4-2-5-11-20)21-12-6-3-7-13-21/h2-15,22-23H,16-19H2,1H3,(H,28,30). The number of nitrogens with one attached hydrogen (secondary N) is 1. The van der Waals surface area contributed by atoms with Crippen LogP contribution in [0, 0.1) is 5.92 Å². The molecule has 0 unspecified atom stereocenters. The molecule has 3 aromatic rings. The molecule has 4 nitrogen and oxygen atoms in total. The molecule has 0 heterocycles. The Hall–Kier alpha value is -3.40. The lowest BCUT2D eigenvalue weighted by Gasteiger charge is -2.21. The molecule has 0 saturated heterocycles. The second-order valence-corrected chi connectivity index (χ2v) is 8.11. The Kier molecular flexibility index (Phi) is 6.46. The van der Waals surface area contributed by atoms with Crippen LogP contribution in [0.4, 0.5) is 5.69 Å². The number of hydrogen-bond donors (Lipinski definition) is 1. The predicted molar refractivity (Wildman–Crippen MR) is 124 cm³/mol. The van der Waals surface area contributed by atoms with Gasteiger partial charge in [0, 0.05) is 25.4 Å². The number of benzene rings is 3. The van der Waals surface area contributed by atoms with E-state index in [0.29, 0.717) is 17.8 Å². The van der Waals surface area contributed by atoms with Gasteiger partial charge in [-0.15, -0.1) is 0 Å². The molecule has 0 spiro atoms. The van der Waals surface area contributed by atoms with Gasteiger partial charge in [-0.1, -0.05) is 72.8 Å². The van der Waals surface area contributed by atoms with E-state index >= 15 is 0 Å². The van der Waals surface area contributed by atoms with Gasteiger partial charge in [0.25, 0.3) is 5.91 Å². The van der Waals surface area contributed by atoms with Gasteiger partial charge in [-0.05, 0) is 42.5 Å². The highest BCUT2D eigenvalue weighted by atomic mass is 16.2. The lowest BCUT2D eigenvalue weighted by atomic mass is 9.88. The van der Waals surface area contributed by atoms with Gasteiger partial charge in [0.2, 0.25) is 5.91 Å². The van der Waals surface area contributed by atoms with Crippen LogP contribution in [0.25, 0.3) is 0 Å². The molecule has 1 fully saturated rings. The zero-order valence-corrected chi connectivity index (χ0v) is 17.8. The Labute approximate surface area is 183 Å². The molecular formula is C27H28N2O2. The largest absolute Gasteiger partial charge is 0.352 e. The van der Waals surface area contributed by atoms with Crippen molar-refractivity contribution in [3.8, 4) is 0 Å². The normalized spacial score (nSPS) is 13.1. The molecule has 2 amide bonds. The van der Waals surface area contributed by atoms with Crippen molar-refractivity contribution in [2.75, 3.05) is 18.5 Å². The van der Waals surface area contributed by atoms with Crippen molar-refractivity contribution in [2.45, 2.75) is 25.2 Å². The number of carbonyl (C=O) groups excluding carboxylic acids is 2. The summed E-state index contributed by atoms with van der Waals surface area (Å²) < 4.78 is 0. The fourth-order valence-electron chi connectivity index (χ4n) is 4.00. The first-order chi connectivity index (χ1) is 15.1. The molecule has 0 radical (unpaired) electrons. The molecule has 0 aliphatic heterocycles. The third-order valence-corrected chi connectivity index (χ3v) is 5.89. The Morgan fingerprint density at radius 1 is 0.871 bits per heavy atom. The predicted octanol–water partition coefficient (Wildman–Crippen LogP) is 5.01. The van der Waals surface area contributed by atoms with Gasteiger partial charge < -0.3 is 10.2 Å². The Morgan fingerprint density at radius 3 is 2.00 bits per heavy atom. The molecule has 31 heavy (non-hydrogen) atoms. The van der Waals surface area contributed by atoms with E-state index in [-0.39, 0.29) is 23.7 Å². The minimum Gasteiger partial charge on any atom is -0.352 e. The fraction of sp³-hybridized carbons (Fsp3) is 0.259. The van der Waals surface area contributed by atoms with Crippen molar-refractivity contribution in [1.82, 2.24) is 5.32 Å². The van der Waals surface area contributed by atoms with Crippen molar-refractivity contribution in [3.63, 3.8) is 0 Å². The molecule has 1 aliphatic carbocycles. The first-order valence-corrected chi connectivity index (χ1v) is 10.9. The first-order valence-electron chi connectivity index (χ1n) is 10.9. The van der Waals surface area contributed by atoms with E-state index in [4.69, 9.17) is 0 Å². The van der Waals surface area contributed by atoms with E-state index in [1.54, 1.807) is 18.0 Å². The quantitative estimate of drug-likeness (QED) is 0.565. The van der Waals surface area contributed by atoms with Crippen molar-refractivity contribution in [1.29, 1.82) is 0 Å². The smallest absolute Gasteiger partial charge is 0.253 e. The zero-order chi connectivity index (χ0) is 21.6. The van der Waals surface area contributed by atoms with Crippen LogP contribution in [0.15, 0.2) is 84.9 Å². The summed E-state index contributed by atoms with van der Waals surface area (Å²) in [6.45, 7) is 0.544. The summed E-state index contributed by atoms with van der Waals surface area (Å²) >= 11 is 0. The summed E-state index contributed by atoms with van der Waals surface area (Å²) in [5.74, 6) is 0.259. The fourth-order valence-corrected chi connectivity index (χ4v) is 4.00. The molecule has 0 bridgehead atoms. The number of amides is 2. The van der Waals surface area contributed by atoms with Gasteiger partial charge >= 0.3 is 0 Å². The molecule has 1 aliphatic rings. The van der Waals surface area contributed by atoms with Crippen LogP contribution < -0.4 is 10.2 Å². The van der Waals surface area contributed by atoms with Gasteiger partial charge in [0.1, 0.15) is 0 Å². The molecule has 4 heteroatoms. The zero-order valence-electron chi connectivity index (χ0n) is 17.8. The summed E-state index contributed by atoms with van der Waals surface area (Å²) in [7, 11) is 1.76. The van der Waals surface area contributed by atoms with E-state index in [9.17, 15) is 9.59 Å². The van der Waals surface area contributed by atoms with Gasteiger partial charge in [0.15, 0.2) is 0 Å². The summed E-state index contributed by atoms with van der Waals surface area (Å²) in [6.07, 6.45) is 2.68. The number of rotatable bonds is 8. The highest BCUT2D eigenvalue weighted by Gasteiger charge is 2.33. The van der Waals surface area contributed by atoms with Crippen LogP contribution in [-0.2, 0) is 4.79 Å². The number of carbonyl (C=O) groups is 2. The van der Waals surface area contributed by atoms with Gasteiger partial charge in [0.05, 0.1) is 11.3 Å². The third-order valence-electron chi connectivity index (χ3n) is 5.89. The molecule has 1 saturated carbocycles. The maximum Gasteiger partial charge on any atom is 0.253 e. The van der Waals surface area contributed by atoms with E-state index in [1.807, 2.05) is 54.6 Å². The molecule has 1 N–H and O–H groups in total. The van der Waals surface area contributed by atoms with E-state index in [1.165, 1.54) is 11.1 Å². The Bertz CT molecular complexity index is 990. The van der Waals surface area contributed by atoms with Crippen LogP contribution >= 0.6 is 0 Å². The van der Waals surface area contributed by atoms with Gasteiger partial charge in [-0.25, -0.2) is 0 Å². The minimum atomic E-state index is -0.147. The lowest BCUT2D eigenvalue weighted by Crippen LogP contribution is -2.32. The van der Waals surface area contributed by atoms with Crippen LogP contribution in [0.1, 0.15) is 46.7 Å². The Balaban J connectivity index is 1.45. The number of anilines is 1. The summed E-state index contributed by atoms with van der Waals surface area (Å²) in [4.78, 5) is 27.1. The summed E-state index contributed by atoms with van der Waals surface area (Å²) in [5, 5.41) is 3.07. The number of para-hydroxylation sites is 1. The topological polar surface area (TPSA) is 49.4 Å². The molecule has 0 aromatic heterocycles. The Morgan fingerprint density at radius 2 is 1.42 bits per heavy atom. The van der Waals surface area contributed by atoms with Gasteiger partial charge in [-0.2, -0.15) is 0 Å². The van der Waals surface area contributed by atoms with Crippen LogP contribution in [0.3, 0.4) is 0 Å². The minimum absolute atomic E-state index is 0.0912. The molecule has 0 atom stereocenters. The molecular weight excluding hydrogens is 384 g/mol. The highest BCUT2D eigenvalue weighted by Crippen LogP contribution is 2.33. The number of hydrogen-bond acceptors (Lipinski definition) is 2. The van der Waals surface area contributed by atoms with E-state index in [2.05, 4.69) is 29.6 Å². The average molecular weight is 413 g/mol. The molecule has 3 aromatic carbocycles. The average Bonchev–Trinajstić information content (AvgIpc) is 3.67. The van der Waals surface area contributed by atoms with Crippen LogP contribution in [-0.4, -0.2) is 25.4 Å². The molecule has 4 rings (SSSR count). The summed E-state index contributed by atoms with van der Waals surface area (Å²) in [6, 6.07) is 28.1. The summed E-state index contributed by atoms with van der Waals surface area (Å²) in [5.41, 5.74) is 3.67. The maximum atomic E-state index is 13.0. The van der Waals surface area contributed by atoms with Crippen LogP contribution in [0.2, 0.25) is 0 Å². The second kappa shape index (κ2) is 9.61. The monoisotopic (exact) mass is 412 g/mol. The van der Waals surface area contributed by atoms with Crippen molar-refractivity contribution in [3.05, 3.63) is 102 Å². The first kappa shape index (κ1) is 20.9. The molecule has 158 valence electrons. The van der Waals surface area contributed by atoms with Crippen molar-refractivity contribution >= 4 is 17.5 Å². The second-order valence-electron chi connectivity index (χ2n) is 8.11. The SMILES string of the molecule is CN(C(=O)C1CC1)c1ccccc1C(=O)NCCC(c1ccccc1)c1ccccc1. The lowest BCUT2D eigenvalue weighted by molar-refractivity contribution is -0.119. The number of nitrogens with zero attached hydrogens (tertiary/aromatic N) is 1. The third kappa shape index (κ3) is 5.02. The van der Waals surface area contributed by atoms with Gasteiger partial charge in [-0.3, -0.25) is 9.59 Å². The van der Waals surface area contributed by atoms with E-state index in [0.717, 1.165) is 19.3 Å². The van der Waals surface area contributed by atoms with Crippen molar-refractivity contribution < 1.29 is 9.59 Å². The maximum absolute atomic E-state index is 13.0. The van der Waals surface area contributed by atoms with E-state index < -0.39 is 0 Å². The van der Waals surface area contributed by atoms with Crippen molar-refractivity contribution in [2.24, 2.45) is 5.92 Å². The van der Waals surface area contributed by atoms with Crippen LogP contribution in [0.5, 0.6) is 0 Å².